The predicted octanol–water partition coefficient (Wildman–Crippen LogP) is 8.86. The lowest BCUT2D eigenvalue weighted by atomic mass is 10.1. The van der Waals surface area contributed by atoms with Crippen molar-refractivity contribution in [1.82, 2.24) is 4.98 Å². The molecule has 0 spiro atoms. The molecule has 0 amide bonds. The Kier molecular flexibility index (Phi) is 8.56. The molecule has 1 heterocycles. The van der Waals surface area contributed by atoms with Crippen LogP contribution in [0.15, 0.2) is 102 Å². The molecule has 196 valence electrons. The lowest BCUT2D eigenvalue weighted by molar-refractivity contribution is 0.269. The molecule has 0 saturated carbocycles. The average Bonchev–Trinajstić information content (AvgIpc) is 3.39. The van der Waals surface area contributed by atoms with E-state index in [2.05, 4.69) is 53.8 Å². The van der Waals surface area contributed by atoms with Crippen molar-refractivity contribution in [2.24, 2.45) is 5.10 Å². The number of ether oxygens (including phenoxy) is 2. The van der Waals surface area contributed by atoms with Crippen LogP contribution in [0.1, 0.15) is 23.6 Å². The van der Waals surface area contributed by atoms with E-state index in [1.54, 1.807) is 17.6 Å². The maximum absolute atomic E-state index is 6.02. The van der Waals surface area contributed by atoms with E-state index in [1.165, 1.54) is 5.56 Å². The molecule has 0 saturated heterocycles. The minimum atomic E-state index is 0.420. The van der Waals surface area contributed by atoms with Crippen molar-refractivity contribution in [2.75, 3.05) is 12.0 Å². The first-order valence-corrected chi connectivity index (χ1v) is 13.8. The van der Waals surface area contributed by atoms with Gasteiger partial charge < -0.3 is 9.47 Å². The van der Waals surface area contributed by atoms with E-state index in [1.807, 2.05) is 67.6 Å². The Balaban J connectivity index is 1.33. The van der Waals surface area contributed by atoms with Crippen LogP contribution in [-0.2, 0) is 6.61 Å². The first-order valence-electron chi connectivity index (χ1n) is 12.7. The molecule has 0 bridgehead atoms. The number of halogens is 1. The van der Waals surface area contributed by atoms with E-state index in [9.17, 15) is 0 Å². The van der Waals surface area contributed by atoms with Crippen LogP contribution >= 0.6 is 22.9 Å². The number of thiazole rings is 1. The van der Waals surface area contributed by atoms with Gasteiger partial charge in [0.25, 0.3) is 0 Å². The number of hydrazone groups is 1. The highest BCUT2D eigenvalue weighted by molar-refractivity contribution is 7.19. The van der Waals surface area contributed by atoms with E-state index >= 15 is 0 Å². The molecule has 0 unspecified atom stereocenters. The molecule has 7 heteroatoms. The van der Waals surface area contributed by atoms with Gasteiger partial charge in [-0.3, -0.25) is 5.43 Å². The van der Waals surface area contributed by atoms with Gasteiger partial charge in [0.2, 0.25) is 5.13 Å². The Labute approximate surface area is 237 Å². The van der Waals surface area contributed by atoms with Gasteiger partial charge in [-0.05, 0) is 60.9 Å². The van der Waals surface area contributed by atoms with E-state index in [0.717, 1.165) is 32.8 Å². The third kappa shape index (κ3) is 6.85. The number of anilines is 1. The number of aryl methyl sites for hydroxylation is 1. The van der Waals surface area contributed by atoms with Crippen molar-refractivity contribution in [3.8, 4) is 33.2 Å². The van der Waals surface area contributed by atoms with Crippen molar-refractivity contribution < 1.29 is 9.47 Å². The minimum Gasteiger partial charge on any atom is -0.490 e. The number of hydrogen-bond donors (Lipinski definition) is 1. The summed E-state index contributed by atoms with van der Waals surface area (Å²) in [5.41, 5.74) is 9.37. The lowest BCUT2D eigenvalue weighted by Gasteiger charge is -2.12. The van der Waals surface area contributed by atoms with Crippen molar-refractivity contribution in [3.05, 3.63) is 119 Å². The fourth-order valence-electron chi connectivity index (χ4n) is 3.96. The van der Waals surface area contributed by atoms with Gasteiger partial charge in [0.15, 0.2) is 11.5 Å². The summed E-state index contributed by atoms with van der Waals surface area (Å²) in [5.74, 6) is 1.34. The molecular weight excluding hydrogens is 526 g/mol. The number of aromatic nitrogens is 1. The zero-order chi connectivity index (χ0) is 27.0. The van der Waals surface area contributed by atoms with Gasteiger partial charge >= 0.3 is 0 Å². The van der Waals surface area contributed by atoms with Gasteiger partial charge in [0.1, 0.15) is 6.61 Å². The van der Waals surface area contributed by atoms with Crippen LogP contribution in [0.5, 0.6) is 11.5 Å². The van der Waals surface area contributed by atoms with Crippen LogP contribution in [0.3, 0.4) is 0 Å². The molecule has 0 radical (unpaired) electrons. The summed E-state index contributed by atoms with van der Waals surface area (Å²) in [6.07, 6.45) is 1.75. The summed E-state index contributed by atoms with van der Waals surface area (Å²) in [6, 6.07) is 32.1. The van der Waals surface area contributed by atoms with Crippen LogP contribution in [-0.4, -0.2) is 17.8 Å². The average molecular weight is 554 g/mol. The molecule has 0 atom stereocenters. The van der Waals surface area contributed by atoms with Crippen LogP contribution in [0.4, 0.5) is 5.13 Å². The number of hydrogen-bond acceptors (Lipinski definition) is 6. The molecule has 5 nitrogen and oxygen atoms in total. The summed E-state index contributed by atoms with van der Waals surface area (Å²) in [6.45, 7) is 4.98. The molecular formula is C32H28ClN3O2S. The maximum atomic E-state index is 6.02. The fourth-order valence-corrected chi connectivity index (χ4v) is 5.03. The molecule has 0 fully saturated rings. The molecule has 5 rings (SSSR count). The topological polar surface area (TPSA) is 55.7 Å². The summed E-state index contributed by atoms with van der Waals surface area (Å²) >= 11 is 7.56. The highest BCUT2D eigenvalue weighted by Crippen LogP contribution is 2.39. The van der Waals surface area contributed by atoms with E-state index in [0.29, 0.717) is 34.9 Å². The number of nitrogens with one attached hydrogen (secondary N) is 1. The second kappa shape index (κ2) is 12.6. The number of rotatable bonds is 10. The molecule has 5 aromatic rings. The van der Waals surface area contributed by atoms with Gasteiger partial charge in [-0.15, -0.1) is 0 Å². The fraction of sp³-hybridized carbons (Fsp3) is 0.125. The molecule has 1 N–H and O–H groups in total. The van der Waals surface area contributed by atoms with Gasteiger partial charge in [-0.1, -0.05) is 95.2 Å². The van der Waals surface area contributed by atoms with Crippen LogP contribution < -0.4 is 14.9 Å². The van der Waals surface area contributed by atoms with E-state index in [-0.39, 0.29) is 0 Å². The number of nitrogens with zero attached hydrogens (tertiary/aromatic N) is 2. The standard InChI is InChI=1S/C32H28ClN3O2S/c1-3-37-29-19-24(13-18-28(29)38-21-23-11-16-27(33)17-12-23)20-34-36-32-35-30(25-14-9-22(2)10-15-25)31(39-32)26-7-5-4-6-8-26/h4-20H,3,21H2,1-2H3,(H,35,36)/b34-20-. The second-order valence-corrected chi connectivity index (χ2v) is 10.3. The monoisotopic (exact) mass is 553 g/mol. The third-order valence-electron chi connectivity index (χ3n) is 5.94. The Morgan fingerprint density at radius 1 is 0.872 bits per heavy atom. The third-order valence-corrected chi connectivity index (χ3v) is 7.20. The molecule has 0 aliphatic heterocycles. The molecule has 0 aliphatic carbocycles. The van der Waals surface area contributed by atoms with Crippen LogP contribution in [0, 0.1) is 6.92 Å². The Morgan fingerprint density at radius 2 is 1.64 bits per heavy atom. The molecule has 39 heavy (non-hydrogen) atoms. The zero-order valence-corrected chi connectivity index (χ0v) is 23.3. The largest absolute Gasteiger partial charge is 0.490 e. The quantitative estimate of drug-likeness (QED) is 0.139. The summed E-state index contributed by atoms with van der Waals surface area (Å²) in [5, 5.41) is 5.88. The van der Waals surface area contributed by atoms with E-state index < -0.39 is 0 Å². The first kappa shape index (κ1) is 26.5. The summed E-state index contributed by atoms with van der Waals surface area (Å²) in [7, 11) is 0. The van der Waals surface area contributed by atoms with Crippen molar-refractivity contribution in [3.63, 3.8) is 0 Å². The minimum absolute atomic E-state index is 0.420. The SMILES string of the molecule is CCOc1cc(/C=N\Nc2nc(-c3ccc(C)cc3)c(-c3ccccc3)s2)ccc1OCc1ccc(Cl)cc1. The predicted molar refractivity (Wildman–Crippen MR) is 162 cm³/mol. The second-order valence-electron chi connectivity index (χ2n) is 8.85. The van der Waals surface area contributed by atoms with Gasteiger partial charge in [-0.2, -0.15) is 5.10 Å². The van der Waals surface area contributed by atoms with Gasteiger partial charge in [0, 0.05) is 10.6 Å². The van der Waals surface area contributed by atoms with Crippen LogP contribution in [0.25, 0.3) is 21.7 Å². The Morgan fingerprint density at radius 3 is 2.38 bits per heavy atom. The van der Waals surface area contributed by atoms with Crippen LogP contribution in [0.2, 0.25) is 5.02 Å². The molecule has 4 aromatic carbocycles. The Bertz CT molecular complexity index is 1550. The summed E-state index contributed by atoms with van der Waals surface area (Å²) in [4.78, 5) is 5.97. The van der Waals surface area contributed by atoms with E-state index in [4.69, 9.17) is 26.1 Å². The van der Waals surface area contributed by atoms with Crippen molar-refractivity contribution in [1.29, 1.82) is 0 Å². The van der Waals surface area contributed by atoms with Gasteiger partial charge in [0.05, 0.1) is 23.4 Å². The smallest absolute Gasteiger partial charge is 0.204 e. The lowest BCUT2D eigenvalue weighted by Crippen LogP contribution is -2.00. The van der Waals surface area contributed by atoms with Crippen molar-refractivity contribution in [2.45, 2.75) is 20.5 Å². The molecule has 0 aliphatic rings. The van der Waals surface area contributed by atoms with Crippen molar-refractivity contribution >= 4 is 34.3 Å². The molecule has 1 aromatic heterocycles. The summed E-state index contributed by atoms with van der Waals surface area (Å²) < 4.78 is 11.9. The highest BCUT2D eigenvalue weighted by atomic mass is 35.5. The normalized spacial score (nSPS) is 11.1. The maximum Gasteiger partial charge on any atom is 0.204 e. The first-order chi connectivity index (χ1) is 19.1. The van der Waals surface area contributed by atoms with Gasteiger partial charge in [-0.25, -0.2) is 4.98 Å². The Hall–Kier alpha value is -4.13. The highest BCUT2D eigenvalue weighted by Gasteiger charge is 2.15. The zero-order valence-electron chi connectivity index (χ0n) is 21.7. The number of benzene rings is 4.